The monoisotopic (exact) mass is 418 g/mol. The first-order valence-corrected chi connectivity index (χ1v) is 9.96. The van der Waals surface area contributed by atoms with Gasteiger partial charge in [-0.15, -0.1) is 0 Å². The summed E-state index contributed by atoms with van der Waals surface area (Å²) in [7, 11) is 3.08. The number of aromatic nitrogens is 1. The number of aliphatic imine (C=N–C) groups is 1. The fourth-order valence-electron chi connectivity index (χ4n) is 2.96. The number of guanidine groups is 1. The van der Waals surface area contributed by atoms with Gasteiger partial charge in [0.05, 0.1) is 26.5 Å². The third kappa shape index (κ3) is 6.05. The van der Waals surface area contributed by atoms with E-state index in [2.05, 4.69) is 27.5 Å². The van der Waals surface area contributed by atoms with Crippen molar-refractivity contribution in [2.75, 3.05) is 19.5 Å². The SMILES string of the molecule is CCc1ccccc1NC(=NCc1ccccn1)NC(=O)c1cc(OC)cc(OC)c1. The molecule has 0 unspecified atom stereocenters. The number of anilines is 1. The maximum Gasteiger partial charge on any atom is 0.258 e. The van der Waals surface area contributed by atoms with Crippen LogP contribution in [0.5, 0.6) is 11.5 Å². The van der Waals surface area contributed by atoms with Crippen LogP contribution in [0.3, 0.4) is 0 Å². The Hall–Kier alpha value is -3.87. The molecule has 0 fully saturated rings. The number of hydrogen-bond acceptors (Lipinski definition) is 5. The first kappa shape index (κ1) is 21.8. The largest absolute Gasteiger partial charge is 0.497 e. The lowest BCUT2D eigenvalue weighted by Gasteiger charge is -2.15. The topological polar surface area (TPSA) is 84.8 Å². The number of methoxy groups -OCH3 is 2. The number of carbonyl (C=O) groups excluding carboxylic acids is 1. The van der Waals surface area contributed by atoms with Crippen LogP contribution < -0.4 is 20.1 Å². The van der Waals surface area contributed by atoms with Crippen LogP contribution in [0, 0.1) is 0 Å². The van der Waals surface area contributed by atoms with E-state index < -0.39 is 0 Å². The number of rotatable bonds is 7. The summed E-state index contributed by atoms with van der Waals surface area (Å²) in [5, 5.41) is 6.12. The number of nitrogens with zero attached hydrogens (tertiary/aromatic N) is 2. The average Bonchev–Trinajstić information content (AvgIpc) is 2.83. The summed E-state index contributed by atoms with van der Waals surface area (Å²) in [6.07, 6.45) is 2.56. The summed E-state index contributed by atoms with van der Waals surface area (Å²) in [6.45, 7) is 2.39. The Labute approximate surface area is 182 Å². The highest BCUT2D eigenvalue weighted by Gasteiger charge is 2.13. The summed E-state index contributed by atoms with van der Waals surface area (Å²) in [4.78, 5) is 21.8. The summed E-state index contributed by atoms with van der Waals surface area (Å²) in [5.74, 6) is 1.05. The molecule has 0 saturated heterocycles. The summed E-state index contributed by atoms with van der Waals surface area (Å²) < 4.78 is 10.5. The van der Waals surface area contributed by atoms with Crippen molar-refractivity contribution < 1.29 is 14.3 Å². The van der Waals surface area contributed by atoms with Crippen molar-refractivity contribution in [1.29, 1.82) is 0 Å². The molecule has 2 N–H and O–H groups in total. The van der Waals surface area contributed by atoms with Crippen molar-refractivity contribution in [2.24, 2.45) is 4.99 Å². The maximum atomic E-state index is 13.0. The molecule has 3 rings (SSSR count). The molecule has 0 atom stereocenters. The Morgan fingerprint density at radius 1 is 1.00 bits per heavy atom. The van der Waals surface area contributed by atoms with Crippen molar-refractivity contribution in [3.63, 3.8) is 0 Å². The lowest BCUT2D eigenvalue weighted by molar-refractivity contribution is 0.0976. The van der Waals surface area contributed by atoms with Gasteiger partial charge in [-0.1, -0.05) is 31.2 Å². The van der Waals surface area contributed by atoms with E-state index in [-0.39, 0.29) is 5.91 Å². The summed E-state index contributed by atoms with van der Waals surface area (Å²) in [5.41, 5.74) is 3.19. The summed E-state index contributed by atoms with van der Waals surface area (Å²) >= 11 is 0. The molecule has 0 aliphatic carbocycles. The van der Waals surface area contributed by atoms with Crippen molar-refractivity contribution >= 4 is 17.6 Å². The van der Waals surface area contributed by atoms with Gasteiger partial charge in [0, 0.05) is 23.5 Å². The van der Waals surface area contributed by atoms with E-state index in [4.69, 9.17) is 9.47 Å². The van der Waals surface area contributed by atoms with Crippen molar-refractivity contribution in [3.05, 3.63) is 83.7 Å². The zero-order valence-electron chi connectivity index (χ0n) is 17.9. The number of benzene rings is 2. The predicted molar refractivity (Wildman–Crippen MR) is 122 cm³/mol. The molecule has 0 aliphatic rings. The van der Waals surface area contributed by atoms with Gasteiger partial charge in [-0.25, -0.2) is 4.99 Å². The van der Waals surface area contributed by atoms with Gasteiger partial charge in [-0.05, 0) is 42.3 Å². The molecule has 0 aliphatic heterocycles. The molecule has 1 amide bonds. The average molecular weight is 418 g/mol. The Bertz CT molecular complexity index is 1030. The van der Waals surface area contributed by atoms with Gasteiger partial charge in [0.2, 0.25) is 5.96 Å². The van der Waals surface area contributed by atoms with Gasteiger partial charge in [-0.3, -0.25) is 15.1 Å². The smallest absolute Gasteiger partial charge is 0.258 e. The zero-order valence-corrected chi connectivity index (χ0v) is 17.9. The van der Waals surface area contributed by atoms with E-state index in [1.54, 1.807) is 38.6 Å². The van der Waals surface area contributed by atoms with E-state index in [0.717, 1.165) is 23.4 Å². The van der Waals surface area contributed by atoms with Gasteiger partial charge in [0.1, 0.15) is 11.5 Å². The molecule has 2 aromatic carbocycles. The molecular formula is C24H26N4O3. The lowest BCUT2D eigenvalue weighted by atomic mass is 10.1. The minimum absolute atomic E-state index is 0.319. The van der Waals surface area contributed by atoms with Crippen LogP contribution in [-0.4, -0.2) is 31.1 Å². The number of ether oxygens (including phenoxy) is 2. The van der Waals surface area contributed by atoms with E-state index >= 15 is 0 Å². The molecule has 31 heavy (non-hydrogen) atoms. The Morgan fingerprint density at radius 3 is 2.35 bits per heavy atom. The third-order valence-corrected chi connectivity index (χ3v) is 4.62. The highest BCUT2D eigenvalue weighted by atomic mass is 16.5. The van der Waals surface area contributed by atoms with E-state index in [9.17, 15) is 4.79 Å². The Balaban J connectivity index is 1.87. The van der Waals surface area contributed by atoms with E-state index in [0.29, 0.717) is 29.6 Å². The van der Waals surface area contributed by atoms with Gasteiger partial charge in [0.25, 0.3) is 5.91 Å². The highest BCUT2D eigenvalue weighted by Crippen LogP contribution is 2.22. The molecule has 7 nitrogen and oxygen atoms in total. The van der Waals surface area contributed by atoms with Crippen molar-refractivity contribution in [1.82, 2.24) is 10.3 Å². The minimum atomic E-state index is -0.335. The molecule has 0 spiro atoms. The van der Waals surface area contributed by atoms with Crippen LogP contribution in [0.4, 0.5) is 5.69 Å². The number of pyridine rings is 1. The van der Waals surface area contributed by atoms with E-state index in [1.807, 2.05) is 42.5 Å². The van der Waals surface area contributed by atoms with Crippen molar-refractivity contribution in [2.45, 2.75) is 19.9 Å². The van der Waals surface area contributed by atoms with Crippen LogP contribution in [0.2, 0.25) is 0 Å². The molecule has 7 heteroatoms. The van der Waals surface area contributed by atoms with Crippen LogP contribution in [0.25, 0.3) is 0 Å². The lowest BCUT2D eigenvalue weighted by Crippen LogP contribution is -2.36. The van der Waals surface area contributed by atoms with Crippen LogP contribution >= 0.6 is 0 Å². The molecule has 0 saturated carbocycles. The molecule has 160 valence electrons. The normalized spacial score (nSPS) is 11.0. The van der Waals surface area contributed by atoms with E-state index in [1.165, 1.54) is 0 Å². The number of carbonyl (C=O) groups is 1. The van der Waals surface area contributed by atoms with Gasteiger partial charge in [-0.2, -0.15) is 0 Å². The second-order valence-corrected chi connectivity index (χ2v) is 6.68. The molecule has 0 radical (unpaired) electrons. The number of nitrogens with one attached hydrogen (secondary N) is 2. The number of hydrogen-bond donors (Lipinski definition) is 2. The van der Waals surface area contributed by atoms with Crippen LogP contribution in [0.1, 0.15) is 28.5 Å². The molecule has 1 aromatic heterocycles. The second-order valence-electron chi connectivity index (χ2n) is 6.68. The quantitative estimate of drug-likeness (QED) is 0.446. The molecule has 3 aromatic rings. The first-order valence-electron chi connectivity index (χ1n) is 9.96. The molecular weight excluding hydrogens is 392 g/mol. The number of para-hydroxylation sites is 1. The highest BCUT2D eigenvalue weighted by molar-refractivity contribution is 6.10. The van der Waals surface area contributed by atoms with Crippen LogP contribution in [0.15, 0.2) is 71.9 Å². The molecule has 0 bridgehead atoms. The van der Waals surface area contributed by atoms with Crippen molar-refractivity contribution in [3.8, 4) is 11.5 Å². The number of aryl methyl sites for hydroxylation is 1. The Morgan fingerprint density at radius 2 is 1.71 bits per heavy atom. The van der Waals surface area contributed by atoms with Gasteiger partial charge in [0.15, 0.2) is 0 Å². The maximum absolute atomic E-state index is 13.0. The molecule has 1 heterocycles. The summed E-state index contributed by atoms with van der Waals surface area (Å²) in [6, 6.07) is 18.5. The van der Waals surface area contributed by atoms with Gasteiger partial charge >= 0.3 is 0 Å². The fraction of sp³-hybridized carbons (Fsp3) is 0.208. The van der Waals surface area contributed by atoms with Crippen LogP contribution in [-0.2, 0) is 13.0 Å². The standard InChI is InChI=1S/C24H26N4O3/c1-4-17-9-5-6-11-22(17)27-24(26-16-19-10-7-8-12-25-19)28-23(29)18-13-20(30-2)15-21(14-18)31-3/h5-15H,4,16H2,1-3H3,(H2,26,27,28,29). The predicted octanol–water partition coefficient (Wildman–Crippen LogP) is 4.06. The Kier molecular flexibility index (Phi) is 7.59. The zero-order chi connectivity index (χ0) is 22.1. The second kappa shape index (κ2) is 10.8. The minimum Gasteiger partial charge on any atom is -0.497 e. The third-order valence-electron chi connectivity index (χ3n) is 4.62. The fourth-order valence-corrected chi connectivity index (χ4v) is 2.96. The number of amides is 1. The van der Waals surface area contributed by atoms with Gasteiger partial charge < -0.3 is 14.8 Å². The first-order chi connectivity index (χ1) is 15.1.